The Morgan fingerprint density at radius 2 is 1.81 bits per heavy atom. The minimum atomic E-state index is -0.481. The number of benzene rings is 2. The van der Waals surface area contributed by atoms with E-state index in [9.17, 15) is 9.59 Å². The van der Waals surface area contributed by atoms with Gasteiger partial charge in [-0.3, -0.25) is 14.2 Å². The summed E-state index contributed by atoms with van der Waals surface area (Å²) in [5.74, 6) is -0.481. The number of aryl methyl sites for hydroxylation is 2. The fourth-order valence-electron chi connectivity index (χ4n) is 4.20. The standard InChI is InChI=1S/C26H24N4O2/c1-6-17-21(7-2)28-13-30(26(17)32)22-10-8-9-18(15(22)4)19-11-12-20(25(27)31)24-23(19)14(3)16(5)29-24/h6-13,29H,1-2H2,3-5H3,(H2,27,31). The second kappa shape index (κ2) is 7.81. The molecule has 2 heterocycles. The average Bonchev–Trinajstić information content (AvgIpc) is 3.07. The smallest absolute Gasteiger partial charge is 0.265 e. The summed E-state index contributed by atoms with van der Waals surface area (Å²) < 4.78 is 1.52. The van der Waals surface area contributed by atoms with Crippen LogP contribution in [-0.4, -0.2) is 20.4 Å². The topological polar surface area (TPSA) is 93.8 Å². The Balaban J connectivity index is 2.02. The van der Waals surface area contributed by atoms with Crippen molar-refractivity contribution >= 4 is 29.0 Å². The molecule has 2 aromatic carbocycles. The Bertz CT molecular complexity index is 1490. The summed E-state index contributed by atoms with van der Waals surface area (Å²) in [5, 5.41) is 0.943. The highest BCUT2D eigenvalue weighted by Gasteiger charge is 2.19. The Kier molecular flexibility index (Phi) is 5.14. The number of aromatic nitrogens is 3. The SMILES string of the molecule is C=Cc1ncn(-c2cccc(-c3ccc(C(N)=O)c4[nH]c(C)c(C)c34)c2C)c(=O)c1C=C. The predicted molar refractivity (Wildman–Crippen MR) is 130 cm³/mol. The zero-order chi connectivity index (χ0) is 23.2. The first-order valence-electron chi connectivity index (χ1n) is 10.2. The van der Waals surface area contributed by atoms with Crippen LogP contribution in [0.25, 0.3) is 39.9 Å². The van der Waals surface area contributed by atoms with E-state index >= 15 is 0 Å². The highest BCUT2D eigenvalue weighted by molar-refractivity contribution is 6.10. The van der Waals surface area contributed by atoms with Crippen LogP contribution in [0.1, 0.15) is 38.4 Å². The molecular formula is C26H24N4O2. The van der Waals surface area contributed by atoms with Crippen LogP contribution < -0.4 is 11.3 Å². The fourth-order valence-corrected chi connectivity index (χ4v) is 4.20. The summed E-state index contributed by atoms with van der Waals surface area (Å²) in [5.41, 5.74) is 13.0. The number of rotatable bonds is 5. The van der Waals surface area contributed by atoms with Crippen molar-refractivity contribution in [1.29, 1.82) is 0 Å². The molecule has 0 atom stereocenters. The molecule has 4 aromatic rings. The van der Waals surface area contributed by atoms with Gasteiger partial charge in [0.1, 0.15) is 6.33 Å². The molecule has 0 aliphatic rings. The molecule has 0 aliphatic heterocycles. The number of nitrogens with two attached hydrogens (primary N) is 1. The highest BCUT2D eigenvalue weighted by atomic mass is 16.1. The van der Waals surface area contributed by atoms with Crippen LogP contribution in [0.2, 0.25) is 0 Å². The molecule has 32 heavy (non-hydrogen) atoms. The zero-order valence-corrected chi connectivity index (χ0v) is 18.3. The number of hydrogen-bond donors (Lipinski definition) is 2. The van der Waals surface area contributed by atoms with Gasteiger partial charge in [-0.2, -0.15) is 0 Å². The van der Waals surface area contributed by atoms with Gasteiger partial charge in [-0.05, 0) is 61.2 Å². The van der Waals surface area contributed by atoms with Crippen LogP contribution in [0, 0.1) is 20.8 Å². The second-order valence-electron chi connectivity index (χ2n) is 7.73. The summed E-state index contributed by atoms with van der Waals surface area (Å²) >= 11 is 0. The summed E-state index contributed by atoms with van der Waals surface area (Å²) in [7, 11) is 0. The van der Waals surface area contributed by atoms with Crippen LogP contribution in [0.5, 0.6) is 0 Å². The van der Waals surface area contributed by atoms with Crippen molar-refractivity contribution < 1.29 is 4.79 Å². The minimum absolute atomic E-state index is 0.215. The van der Waals surface area contributed by atoms with Crippen molar-refractivity contribution in [2.45, 2.75) is 20.8 Å². The highest BCUT2D eigenvalue weighted by Crippen LogP contribution is 2.37. The molecule has 0 radical (unpaired) electrons. The van der Waals surface area contributed by atoms with Gasteiger partial charge in [-0.25, -0.2) is 4.98 Å². The number of nitrogens with zero attached hydrogens (tertiary/aromatic N) is 2. The first-order valence-corrected chi connectivity index (χ1v) is 10.2. The summed E-state index contributed by atoms with van der Waals surface area (Å²) in [6, 6.07) is 9.44. The van der Waals surface area contributed by atoms with E-state index in [0.717, 1.165) is 44.5 Å². The van der Waals surface area contributed by atoms with Crippen LogP contribution in [0.4, 0.5) is 0 Å². The van der Waals surface area contributed by atoms with Crippen LogP contribution in [0.3, 0.4) is 0 Å². The van der Waals surface area contributed by atoms with E-state index in [1.807, 2.05) is 45.0 Å². The number of nitrogens with one attached hydrogen (secondary N) is 1. The molecule has 4 rings (SSSR count). The first-order chi connectivity index (χ1) is 15.3. The molecule has 6 heteroatoms. The maximum absolute atomic E-state index is 13.1. The van der Waals surface area contributed by atoms with Crippen molar-refractivity contribution in [2.75, 3.05) is 0 Å². The van der Waals surface area contributed by atoms with Crippen molar-refractivity contribution in [3.8, 4) is 16.8 Å². The lowest BCUT2D eigenvalue weighted by Gasteiger charge is -2.16. The summed E-state index contributed by atoms with van der Waals surface area (Å²) in [6.45, 7) is 13.4. The fraction of sp³-hybridized carbons (Fsp3) is 0.115. The molecule has 0 fully saturated rings. The van der Waals surface area contributed by atoms with Gasteiger partial charge in [0.25, 0.3) is 11.5 Å². The number of fused-ring (bicyclic) bond motifs is 1. The Morgan fingerprint density at radius 1 is 1.06 bits per heavy atom. The summed E-state index contributed by atoms with van der Waals surface area (Å²) in [6.07, 6.45) is 4.55. The van der Waals surface area contributed by atoms with Crippen molar-refractivity contribution in [1.82, 2.24) is 14.5 Å². The van der Waals surface area contributed by atoms with E-state index in [1.165, 1.54) is 17.0 Å². The maximum Gasteiger partial charge on any atom is 0.265 e. The maximum atomic E-state index is 13.1. The molecule has 0 saturated heterocycles. The molecule has 0 unspecified atom stereocenters. The molecule has 160 valence electrons. The largest absolute Gasteiger partial charge is 0.366 e. The molecule has 0 saturated carbocycles. The van der Waals surface area contributed by atoms with Gasteiger partial charge in [0.15, 0.2) is 0 Å². The molecule has 2 aromatic heterocycles. The Hall–Kier alpha value is -4.19. The minimum Gasteiger partial charge on any atom is -0.366 e. The van der Waals surface area contributed by atoms with Crippen LogP contribution >= 0.6 is 0 Å². The lowest BCUT2D eigenvalue weighted by Crippen LogP contribution is -2.23. The number of amides is 1. The van der Waals surface area contributed by atoms with Crippen molar-refractivity contribution in [3.05, 3.63) is 93.8 Å². The number of hydrogen-bond acceptors (Lipinski definition) is 3. The van der Waals surface area contributed by atoms with E-state index in [4.69, 9.17) is 5.73 Å². The molecule has 0 spiro atoms. The molecule has 3 N–H and O–H groups in total. The Labute approximate surface area is 185 Å². The van der Waals surface area contributed by atoms with E-state index in [0.29, 0.717) is 16.8 Å². The lowest BCUT2D eigenvalue weighted by atomic mass is 9.93. The van der Waals surface area contributed by atoms with Gasteiger partial charge in [0.2, 0.25) is 0 Å². The monoisotopic (exact) mass is 424 g/mol. The van der Waals surface area contributed by atoms with E-state index < -0.39 is 5.91 Å². The van der Waals surface area contributed by atoms with E-state index in [2.05, 4.69) is 23.1 Å². The first kappa shape index (κ1) is 21.1. The van der Waals surface area contributed by atoms with E-state index in [1.54, 1.807) is 12.1 Å². The third-order valence-electron chi connectivity index (χ3n) is 6.01. The summed E-state index contributed by atoms with van der Waals surface area (Å²) in [4.78, 5) is 32.8. The van der Waals surface area contributed by atoms with Crippen LogP contribution in [-0.2, 0) is 0 Å². The van der Waals surface area contributed by atoms with Crippen LogP contribution in [0.15, 0.2) is 54.6 Å². The van der Waals surface area contributed by atoms with Gasteiger partial charge < -0.3 is 10.7 Å². The van der Waals surface area contributed by atoms with Gasteiger partial charge in [-0.1, -0.05) is 37.4 Å². The predicted octanol–water partition coefficient (Wildman–Crippen LogP) is 4.69. The van der Waals surface area contributed by atoms with Crippen molar-refractivity contribution in [2.24, 2.45) is 5.73 Å². The number of aromatic amines is 1. The molecule has 1 amide bonds. The molecule has 0 aliphatic carbocycles. The van der Waals surface area contributed by atoms with Gasteiger partial charge in [-0.15, -0.1) is 0 Å². The average molecular weight is 425 g/mol. The number of carbonyl (C=O) groups excluding carboxylic acids is 1. The van der Waals surface area contributed by atoms with E-state index in [-0.39, 0.29) is 5.56 Å². The van der Waals surface area contributed by atoms with Gasteiger partial charge in [0.05, 0.1) is 28.0 Å². The Morgan fingerprint density at radius 3 is 2.47 bits per heavy atom. The van der Waals surface area contributed by atoms with Gasteiger partial charge >= 0.3 is 0 Å². The van der Waals surface area contributed by atoms with Crippen molar-refractivity contribution in [3.63, 3.8) is 0 Å². The molecular weight excluding hydrogens is 400 g/mol. The number of primary amides is 1. The zero-order valence-electron chi connectivity index (χ0n) is 18.3. The third-order valence-corrected chi connectivity index (χ3v) is 6.01. The molecule has 0 bridgehead atoms. The third kappa shape index (κ3) is 3.08. The number of carbonyl (C=O) groups is 1. The normalized spacial score (nSPS) is 11.0. The second-order valence-corrected chi connectivity index (χ2v) is 7.73. The quantitative estimate of drug-likeness (QED) is 0.487. The number of H-pyrrole nitrogens is 1. The van der Waals surface area contributed by atoms with Gasteiger partial charge in [0, 0.05) is 11.1 Å². The lowest BCUT2D eigenvalue weighted by molar-refractivity contribution is 0.100. The molecule has 6 nitrogen and oxygen atoms in total.